The maximum atomic E-state index is 11.6. The minimum atomic E-state index is -0.0304. The molecule has 0 saturated carbocycles. The Bertz CT molecular complexity index is 342. The summed E-state index contributed by atoms with van der Waals surface area (Å²) in [6.45, 7) is 3.21. The Morgan fingerprint density at radius 2 is 2.67 bits per heavy atom. The van der Waals surface area contributed by atoms with E-state index >= 15 is 0 Å². The lowest BCUT2D eigenvalue weighted by molar-refractivity contribution is -0.122. The molecular formula is C10H15N3O2. The van der Waals surface area contributed by atoms with Crippen molar-refractivity contribution in [1.82, 2.24) is 15.6 Å². The van der Waals surface area contributed by atoms with E-state index in [1.165, 1.54) is 6.39 Å². The second-order valence-electron chi connectivity index (χ2n) is 3.72. The standard InChI is InChI=1S/C10H15N3O2/c1-7-9(13-6-15-7)5-12-10(14)8-3-2-4-11-8/h6,8,11H,2-5H2,1H3,(H,12,14)/t8-/m0/s1. The van der Waals surface area contributed by atoms with E-state index in [2.05, 4.69) is 15.6 Å². The van der Waals surface area contributed by atoms with Gasteiger partial charge in [-0.05, 0) is 26.3 Å². The van der Waals surface area contributed by atoms with E-state index in [1.54, 1.807) is 0 Å². The van der Waals surface area contributed by atoms with Crippen LogP contribution in [-0.2, 0) is 11.3 Å². The van der Waals surface area contributed by atoms with Crippen LogP contribution in [0.4, 0.5) is 0 Å². The van der Waals surface area contributed by atoms with Crippen molar-refractivity contribution in [3.05, 3.63) is 17.8 Å². The van der Waals surface area contributed by atoms with Crippen LogP contribution in [0.5, 0.6) is 0 Å². The van der Waals surface area contributed by atoms with Crippen molar-refractivity contribution < 1.29 is 9.21 Å². The molecule has 2 rings (SSSR count). The van der Waals surface area contributed by atoms with Crippen LogP contribution in [0.25, 0.3) is 0 Å². The Morgan fingerprint density at radius 1 is 1.80 bits per heavy atom. The van der Waals surface area contributed by atoms with Gasteiger partial charge in [0, 0.05) is 0 Å². The number of oxazole rings is 1. The number of nitrogens with one attached hydrogen (secondary N) is 2. The Balaban J connectivity index is 1.83. The summed E-state index contributed by atoms with van der Waals surface area (Å²) in [4.78, 5) is 15.6. The molecule has 5 nitrogen and oxygen atoms in total. The number of amides is 1. The quantitative estimate of drug-likeness (QED) is 0.754. The van der Waals surface area contributed by atoms with E-state index in [0.717, 1.165) is 30.8 Å². The van der Waals surface area contributed by atoms with Gasteiger partial charge in [0.05, 0.1) is 12.6 Å². The molecule has 1 atom stereocenters. The summed E-state index contributed by atoms with van der Waals surface area (Å²) in [6.07, 6.45) is 3.38. The smallest absolute Gasteiger partial charge is 0.237 e. The van der Waals surface area contributed by atoms with Gasteiger partial charge in [0.25, 0.3) is 0 Å². The van der Waals surface area contributed by atoms with Crippen molar-refractivity contribution in [3.63, 3.8) is 0 Å². The molecule has 0 bridgehead atoms. The number of nitrogens with zero attached hydrogens (tertiary/aromatic N) is 1. The molecule has 5 heteroatoms. The number of rotatable bonds is 3. The van der Waals surface area contributed by atoms with Crippen LogP contribution >= 0.6 is 0 Å². The fourth-order valence-electron chi connectivity index (χ4n) is 1.70. The minimum absolute atomic E-state index is 0.0304. The van der Waals surface area contributed by atoms with Crippen molar-refractivity contribution in [3.8, 4) is 0 Å². The molecule has 2 N–H and O–H groups in total. The molecule has 1 aliphatic rings. The summed E-state index contributed by atoms with van der Waals surface area (Å²) in [5, 5.41) is 5.99. The van der Waals surface area contributed by atoms with Gasteiger partial charge in [-0.1, -0.05) is 0 Å². The number of carbonyl (C=O) groups excluding carboxylic acids is 1. The largest absolute Gasteiger partial charge is 0.448 e. The van der Waals surface area contributed by atoms with Crippen molar-refractivity contribution in [2.45, 2.75) is 32.4 Å². The van der Waals surface area contributed by atoms with E-state index in [1.807, 2.05) is 6.92 Å². The third kappa shape index (κ3) is 2.36. The number of hydrogen-bond acceptors (Lipinski definition) is 4. The average molecular weight is 209 g/mol. The molecule has 2 heterocycles. The van der Waals surface area contributed by atoms with Crippen LogP contribution in [0.2, 0.25) is 0 Å². The minimum Gasteiger partial charge on any atom is -0.448 e. The van der Waals surface area contributed by atoms with Crippen LogP contribution in [0.3, 0.4) is 0 Å². The van der Waals surface area contributed by atoms with Crippen LogP contribution in [-0.4, -0.2) is 23.5 Å². The molecule has 0 spiro atoms. The van der Waals surface area contributed by atoms with Gasteiger partial charge in [0.15, 0.2) is 6.39 Å². The van der Waals surface area contributed by atoms with Gasteiger partial charge in [-0.3, -0.25) is 4.79 Å². The lowest BCUT2D eigenvalue weighted by Crippen LogP contribution is -2.40. The first-order valence-corrected chi connectivity index (χ1v) is 5.17. The lowest BCUT2D eigenvalue weighted by atomic mass is 10.2. The Labute approximate surface area is 88.3 Å². The second kappa shape index (κ2) is 4.44. The second-order valence-corrected chi connectivity index (χ2v) is 3.72. The van der Waals surface area contributed by atoms with Gasteiger partial charge < -0.3 is 15.1 Å². The summed E-state index contributed by atoms with van der Waals surface area (Å²) < 4.78 is 5.04. The highest BCUT2D eigenvalue weighted by Crippen LogP contribution is 2.06. The molecule has 1 amide bonds. The Morgan fingerprint density at radius 3 is 3.27 bits per heavy atom. The maximum absolute atomic E-state index is 11.6. The van der Waals surface area contributed by atoms with Crippen LogP contribution < -0.4 is 10.6 Å². The summed E-state index contributed by atoms with van der Waals surface area (Å²) >= 11 is 0. The highest BCUT2D eigenvalue weighted by Gasteiger charge is 2.21. The number of aromatic nitrogens is 1. The van der Waals surface area contributed by atoms with E-state index in [0.29, 0.717) is 6.54 Å². The first-order chi connectivity index (χ1) is 7.27. The molecule has 0 aliphatic carbocycles. The number of aryl methyl sites for hydroxylation is 1. The zero-order chi connectivity index (χ0) is 10.7. The summed E-state index contributed by atoms with van der Waals surface area (Å²) in [5.41, 5.74) is 0.793. The monoisotopic (exact) mass is 209 g/mol. The van der Waals surface area contributed by atoms with E-state index < -0.39 is 0 Å². The highest BCUT2D eigenvalue weighted by molar-refractivity contribution is 5.81. The molecule has 0 aromatic carbocycles. The predicted molar refractivity (Wildman–Crippen MR) is 54.1 cm³/mol. The summed E-state index contributed by atoms with van der Waals surface area (Å²) in [5.74, 6) is 0.810. The van der Waals surface area contributed by atoms with Crippen molar-refractivity contribution in [1.29, 1.82) is 0 Å². The van der Waals surface area contributed by atoms with Gasteiger partial charge in [-0.15, -0.1) is 0 Å². The van der Waals surface area contributed by atoms with Crippen LogP contribution in [0.15, 0.2) is 10.8 Å². The molecule has 1 saturated heterocycles. The Kier molecular flexibility index (Phi) is 3.01. The zero-order valence-corrected chi connectivity index (χ0v) is 8.75. The average Bonchev–Trinajstić information content (AvgIpc) is 2.85. The number of hydrogen-bond donors (Lipinski definition) is 2. The first-order valence-electron chi connectivity index (χ1n) is 5.17. The van der Waals surface area contributed by atoms with Gasteiger partial charge in [-0.2, -0.15) is 0 Å². The van der Waals surface area contributed by atoms with Gasteiger partial charge >= 0.3 is 0 Å². The normalized spacial score (nSPS) is 20.5. The van der Waals surface area contributed by atoms with Crippen molar-refractivity contribution >= 4 is 5.91 Å². The predicted octanol–water partition coefficient (Wildman–Crippen LogP) is 0.351. The van der Waals surface area contributed by atoms with Gasteiger partial charge in [-0.25, -0.2) is 4.98 Å². The van der Waals surface area contributed by atoms with E-state index in [9.17, 15) is 4.79 Å². The summed E-state index contributed by atoms with van der Waals surface area (Å²) in [7, 11) is 0. The topological polar surface area (TPSA) is 67.2 Å². The summed E-state index contributed by atoms with van der Waals surface area (Å²) in [6, 6.07) is -0.0304. The van der Waals surface area contributed by atoms with Crippen LogP contribution in [0.1, 0.15) is 24.3 Å². The number of carbonyl (C=O) groups is 1. The first kappa shape index (κ1) is 10.2. The molecular weight excluding hydrogens is 194 g/mol. The third-order valence-electron chi connectivity index (χ3n) is 2.65. The van der Waals surface area contributed by atoms with E-state index in [-0.39, 0.29) is 11.9 Å². The zero-order valence-electron chi connectivity index (χ0n) is 8.75. The molecule has 1 aromatic heterocycles. The van der Waals surface area contributed by atoms with Crippen molar-refractivity contribution in [2.75, 3.05) is 6.54 Å². The van der Waals surface area contributed by atoms with E-state index in [4.69, 9.17) is 4.42 Å². The maximum Gasteiger partial charge on any atom is 0.237 e. The molecule has 82 valence electrons. The molecule has 1 aliphatic heterocycles. The third-order valence-corrected chi connectivity index (χ3v) is 2.65. The lowest BCUT2D eigenvalue weighted by Gasteiger charge is -2.09. The fourth-order valence-corrected chi connectivity index (χ4v) is 1.70. The SMILES string of the molecule is Cc1ocnc1CNC(=O)[C@@H]1CCCN1. The Hall–Kier alpha value is -1.36. The molecule has 1 fully saturated rings. The fraction of sp³-hybridized carbons (Fsp3) is 0.600. The van der Waals surface area contributed by atoms with Gasteiger partial charge in [0.2, 0.25) is 5.91 Å². The van der Waals surface area contributed by atoms with Crippen molar-refractivity contribution in [2.24, 2.45) is 0 Å². The molecule has 15 heavy (non-hydrogen) atoms. The molecule has 1 aromatic rings. The van der Waals surface area contributed by atoms with Gasteiger partial charge in [0.1, 0.15) is 11.5 Å². The molecule has 0 radical (unpaired) electrons. The molecule has 0 unspecified atom stereocenters. The van der Waals surface area contributed by atoms with Crippen LogP contribution in [0, 0.1) is 6.92 Å². The highest BCUT2D eigenvalue weighted by atomic mass is 16.3.